The van der Waals surface area contributed by atoms with Crippen molar-refractivity contribution in [2.24, 2.45) is 0 Å². The topological polar surface area (TPSA) is 88.0 Å². The second-order valence-electron chi connectivity index (χ2n) is 6.57. The van der Waals surface area contributed by atoms with Crippen molar-refractivity contribution < 1.29 is 14.3 Å². The van der Waals surface area contributed by atoms with Crippen molar-refractivity contribution in [1.29, 1.82) is 0 Å². The van der Waals surface area contributed by atoms with E-state index >= 15 is 0 Å². The Balaban J connectivity index is 1.50. The van der Waals surface area contributed by atoms with Gasteiger partial charge in [-0.2, -0.15) is 0 Å². The molecule has 2 aromatic rings. The van der Waals surface area contributed by atoms with Crippen molar-refractivity contribution >= 4 is 18.0 Å². The number of pyridine rings is 1. The second-order valence-corrected chi connectivity index (χ2v) is 6.57. The Morgan fingerprint density at radius 2 is 2.20 bits per heavy atom. The number of carbonyl (C=O) groups is 1. The molecule has 0 bridgehead atoms. The molecule has 0 atom stereocenters. The normalized spacial score (nSPS) is 17.4. The third-order valence-corrected chi connectivity index (χ3v) is 5.02. The van der Waals surface area contributed by atoms with Gasteiger partial charge in [-0.15, -0.1) is 0 Å². The SMILES string of the molecule is O=C(O)C1=Cc2cnc(NCC3(c4ncccc4F)CCC3)nc2C1. The molecule has 2 aromatic heterocycles. The largest absolute Gasteiger partial charge is 0.478 e. The fourth-order valence-corrected chi connectivity index (χ4v) is 3.46. The number of aliphatic carboxylic acids is 1. The first-order valence-corrected chi connectivity index (χ1v) is 8.22. The van der Waals surface area contributed by atoms with Gasteiger partial charge in [0.25, 0.3) is 0 Å². The highest BCUT2D eigenvalue weighted by atomic mass is 19.1. The molecular formula is C18H17FN4O2. The van der Waals surface area contributed by atoms with Crippen LogP contribution in [-0.4, -0.2) is 32.6 Å². The zero-order chi connectivity index (χ0) is 17.4. The Hall–Kier alpha value is -2.83. The zero-order valence-corrected chi connectivity index (χ0v) is 13.5. The predicted octanol–water partition coefficient (Wildman–Crippen LogP) is 2.57. The van der Waals surface area contributed by atoms with Crippen molar-refractivity contribution in [2.75, 3.05) is 11.9 Å². The van der Waals surface area contributed by atoms with Crippen LogP contribution in [0.15, 0.2) is 30.1 Å². The van der Waals surface area contributed by atoms with E-state index in [9.17, 15) is 9.18 Å². The minimum Gasteiger partial charge on any atom is -0.478 e. The van der Waals surface area contributed by atoms with Crippen molar-refractivity contribution in [3.8, 4) is 0 Å². The third kappa shape index (κ3) is 2.75. The Morgan fingerprint density at radius 3 is 2.88 bits per heavy atom. The van der Waals surface area contributed by atoms with Crippen LogP contribution >= 0.6 is 0 Å². The minimum atomic E-state index is -0.938. The predicted molar refractivity (Wildman–Crippen MR) is 89.6 cm³/mol. The van der Waals surface area contributed by atoms with Crippen LogP contribution in [0.2, 0.25) is 0 Å². The molecule has 0 amide bonds. The number of carboxylic acid groups (broad SMARTS) is 1. The Bertz CT molecular complexity index is 877. The van der Waals surface area contributed by atoms with Crippen LogP contribution in [0.4, 0.5) is 10.3 Å². The van der Waals surface area contributed by atoms with Gasteiger partial charge in [-0.25, -0.2) is 19.2 Å². The number of nitrogens with one attached hydrogen (secondary N) is 1. The first-order valence-electron chi connectivity index (χ1n) is 8.22. The highest BCUT2D eigenvalue weighted by Gasteiger charge is 2.42. The van der Waals surface area contributed by atoms with Crippen LogP contribution in [0, 0.1) is 5.82 Å². The van der Waals surface area contributed by atoms with Crippen molar-refractivity contribution in [1.82, 2.24) is 15.0 Å². The van der Waals surface area contributed by atoms with Crippen LogP contribution < -0.4 is 5.32 Å². The van der Waals surface area contributed by atoms with E-state index in [0.29, 0.717) is 35.9 Å². The second kappa shape index (κ2) is 5.91. The average molecular weight is 340 g/mol. The van der Waals surface area contributed by atoms with Gasteiger partial charge in [-0.3, -0.25) is 4.98 Å². The van der Waals surface area contributed by atoms with Crippen LogP contribution in [0.5, 0.6) is 0 Å². The van der Waals surface area contributed by atoms with Gasteiger partial charge < -0.3 is 10.4 Å². The van der Waals surface area contributed by atoms with Crippen LogP contribution in [0.3, 0.4) is 0 Å². The summed E-state index contributed by atoms with van der Waals surface area (Å²) in [5, 5.41) is 12.3. The van der Waals surface area contributed by atoms with E-state index in [-0.39, 0.29) is 11.2 Å². The maximum atomic E-state index is 14.1. The molecule has 0 spiro atoms. The number of rotatable bonds is 5. The molecule has 128 valence electrons. The van der Waals surface area contributed by atoms with Gasteiger partial charge >= 0.3 is 5.97 Å². The van der Waals surface area contributed by atoms with Gasteiger partial charge in [0.15, 0.2) is 0 Å². The van der Waals surface area contributed by atoms with E-state index < -0.39 is 5.97 Å². The average Bonchev–Trinajstić information content (AvgIpc) is 2.99. The molecule has 2 N–H and O–H groups in total. The van der Waals surface area contributed by atoms with Crippen molar-refractivity contribution in [3.05, 3.63) is 52.9 Å². The lowest BCUT2D eigenvalue weighted by molar-refractivity contribution is -0.132. The van der Waals surface area contributed by atoms with Crippen molar-refractivity contribution in [2.45, 2.75) is 31.1 Å². The molecule has 25 heavy (non-hydrogen) atoms. The van der Waals surface area contributed by atoms with Gasteiger partial charge in [0.2, 0.25) is 5.95 Å². The molecule has 0 aliphatic heterocycles. The van der Waals surface area contributed by atoms with Gasteiger partial charge in [0, 0.05) is 41.9 Å². The third-order valence-electron chi connectivity index (χ3n) is 5.02. The molecule has 4 rings (SSSR count). The fourth-order valence-electron chi connectivity index (χ4n) is 3.46. The summed E-state index contributed by atoms with van der Waals surface area (Å²) in [7, 11) is 0. The van der Waals surface area contributed by atoms with Crippen LogP contribution in [0.25, 0.3) is 6.08 Å². The van der Waals surface area contributed by atoms with Gasteiger partial charge in [0.1, 0.15) is 5.82 Å². The maximum absolute atomic E-state index is 14.1. The summed E-state index contributed by atoms with van der Waals surface area (Å²) >= 11 is 0. The lowest BCUT2D eigenvalue weighted by atomic mass is 9.66. The van der Waals surface area contributed by atoms with E-state index in [0.717, 1.165) is 24.8 Å². The Labute approximate surface area is 143 Å². The summed E-state index contributed by atoms with van der Waals surface area (Å²) in [5.74, 6) is -0.790. The first kappa shape index (κ1) is 15.7. The standard InChI is InChI=1S/C18H17FN4O2/c19-13-3-1-6-20-15(13)18(4-2-5-18)10-22-17-21-9-12-7-11(16(24)25)8-14(12)23-17/h1,3,6-7,9H,2,4-5,8,10H2,(H,24,25)(H,21,22,23). The summed E-state index contributed by atoms with van der Waals surface area (Å²) in [5.41, 5.74) is 1.90. The summed E-state index contributed by atoms with van der Waals surface area (Å²) in [6, 6.07) is 3.03. The molecule has 2 heterocycles. The molecule has 6 nitrogen and oxygen atoms in total. The maximum Gasteiger partial charge on any atom is 0.331 e. The smallest absolute Gasteiger partial charge is 0.331 e. The molecule has 2 aliphatic carbocycles. The first-order chi connectivity index (χ1) is 12.1. The minimum absolute atomic E-state index is 0.283. The molecule has 0 radical (unpaired) electrons. The lowest BCUT2D eigenvalue weighted by Crippen LogP contribution is -2.42. The quantitative estimate of drug-likeness (QED) is 0.870. The summed E-state index contributed by atoms with van der Waals surface area (Å²) in [6.45, 7) is 0.499. The molecule has 0 aromatic carbocycles. The highest BCUT2D eigenvalue weighted by molar-refractivity contribution is 5.94. The number of aromatic nitrogens is 3. The lowest BCUT2D eigenvalue weighted by Gasteiger charge is -2.41. The molecular weight excluding hydrogens is 323 g/mol. The van der Waals surface area contributed by atoms with Gasteiger partial charge in [0.05, 0.1) is 11.4 Å². The Morgan fingerprint density at radius 1 is 1.36 bits per heavy atom. The molecule has 2 aliphatic rings. The number of nitrogens with zero attached hydrogens (tertiary/aromatic N) is 3. The molecule has 0 saturated heterocycles. The van der Waals surface area contributed by atoms with E-state index in [4.69, 9.17) is 5.11 Å². The summed E-state index contributed by atoms with van der Waals surface area (Å²) in [6.07, 6.45) is 7.89. The number of fused-ring (bicyclic) bond motifs is 1. The molecule has 0 unspecified atom stereocenters. The van der Waals surface area contributed by atoms with E-state index in [2.05, 4.69) is 20.3 Å². The van der Waals surface area contributed by atoms with Gasteiger partial charge in [-0.05, 0) is 31.1 Å². The fraction of sp³-hybridized carbons (Fsp3) is 0.333. The van der Waals surface area contributed by atoms with Gasteiger partial charge in [-0.1, -0.05) is 6.42 Å². The van der Waals surface area contributed by atoms with E-state index in [1.54, 1.807) is 24.5 Å². The van der Waals surface area contributed by atoms with Crippen LogP contribution in [-0.2, 0) is 16.6 Å². The number of carboxylic acids is 1. The summed E-state index contributed by atoms with van der Waals surface area (Å²) in [4.78, 5) is 24.0. The monoisotopic (exact) mass is 340 g/mol. The number of hydrogen-bond acceptors (Lipinski definition) is 5. The number of hydrogen-bond donors (Lipinski definition) is 2. The summed E-state index contributed by atoms with van der Waals surface area (Å²) < 4.78 is 14.1. The zero-order valence-electron chi connectivity index (χ0n) is 13.5. The molecule has 1 saturated carbocycles. The Kier molecular flexibility index (Phi) is 3.71. The highest BCUT2D eigenvalue weighted by Crippen LogP contribution is 2.43. The van der Waals surface area contributed by atoms with E-state index in [1.807, 2.05) is 0 Å². The van der Waals surface area contributed by atoms with Crippen molar-refractivity contribution in [3.63, 3.8) is 0 Å². The number of halogens is 1. The number of anilines is 1. The molecule has 7 heteroatoms. The molecule has 1 fully saturated rings. The van der Waals surface area contributed by atoms with E-state index in [1.165, 1.54) is 6.07 Å². The van der Waals surface area contributed by atoms with Crippen LogP contribution in [0.1, 0.15) is 36.2 Å².